The van der Waals surface area contributed by atoms with E-state index in [-0.39, 0.29) is 0 Å². The van der Waals surface area contributed by atoms with Crippen molar-refractivity contribution >= 4 is 33.5 Å². The first-order valence-corrected chi connectivity index (χ1v) is 13.0. The number of carboxylic acid groups (broad SMARTS) is 2. The highest BCUT2D eigenvalue weighted by molar-refractivity contribution is 6.05. The first kappa shape index (κ1) is 32.9. The Bertz CT molecular complexity index is 1530. The minimum absolute atomic E-state index is 0.331. The SMILES string of the molecule is CO.CO.O=C(O)c1ccccc1.O=C(O)c1ccccc1.c1ccc2c(-c3cccc4ccccc34)cccc2c1. The molecule has 6 aromatic carbocycles. The van der Waals surface area contributed by atoms with Gasteiger partial charge in [0.2, 0.25) is 0 Å². The molecule has 0 saturated heterocycles. The number of aliphatic hydroxyl groups excluding tert-OH is 2. The minimum atomic E-state index is -0.879. The largest absolute Gasteiger partial charge is 0.478 e. The number of rotatable bonds is 3. The van der Waals surface area contributed by atoms with Crippen molar-refractivity contribution in [3.8, 4) is 11.1 Å². The van der Waals surface area contributed by atoms with Gasteiger partial charge in [0, 0.05) is 14.2 Å². The average Bonchev–Trinajstić information content (AvgIpc) is 3.07. The van der Waals surface area contributed by atoms with Gasteiger partial charge in [-0.25, -0.2) is 9.59 Å². The molecule has 0 saturated carbocycles. The maximum Gasteiger partial charge on any atom is 0.335 e. The van der Waals surface area contributed by atoms with E-state index in [0.717, 1.165) is 14.2 Å². The van der Waals surface area contributed by atoms with Crippen molar-refractivity contribution in [1.82, 2.24) is 0 Å². The van der Waals surface area contributed by atoms with Gasteiger partial charge in [-0.05, 0) is 56.9 Å². The van der Waals surface area contributed by atoms with Crippen LogP contribution in [0.2, 0.25) is 0 Å². The van der Waals surface area contributed by atoms with Crippen molar-refractivity contribution in [1.29, 1.82) is 0 Å². The Balaban J connectivity index is 0.000000235. The van der Waals surface area contributed by atoms with Crippen molar-refractivity contribution in [3.05, 3.63) is 157 Å². The lowest BCUT2D eigenvalue weighted by Gasteiger charge is -2.10. The van der Waals surface area contributed by atoms with Crippen LogP contribution in [0.25, 0.3) is 32.7 Å². The lowest BCUT2D eigenvalue weighted by molar-refractivity contribution is 0.0686. The molecular weight excluding hydrogens is 528 g/mol. The number of carbonyl (C=O) groups is 2. The van der Waals surface area contributed by atoms with Crippen molar-refractivity contribution in [3.63, 3.8) is 0 Å². The summed E-state index contributed by atoms with van der Waals surface area (Å²) < 4.78 is 0. The molecule has 0 radical (unpaired) electrons. The summed E-state index contributed by atoms with van der Waals surface area (Å²) in [6.45, 7) is 0. The number of hydrogen-bond donors (Lipinski definition) is 4. The molecule has 6 heteroatoms. The van der Waals surface area contributed by atoms with E-state index in [9.17, 15) is 9.59 Å². The monoisotopic (exact) mass is 562 g/mol. The van der Waals surface area contributed by atoms with Crippen LogP contribution in [0.1, 0.15) is 20.7 Å². The van der Waals surface area contributed by atoms with Gasteiger partial charge >= 0.3 is 11.9 Å². The van der Waals surface area contributed by atoms with Gasteiger partial charge in [0.05, 0.1) is 11.1 Å². The number of hydrogen-bond acceptors (Lipinski definition) is 4. The molecule has 0 aliphatic carbocycles. The first-order chi connectivity index (χ1) is 20.5. The summed E-state index contributed by atoms with van der Waals surface area (Å²) >= 11 is 0. The summed E-state index contributed by atoms with van der Waals surface area (Å²) in [5.74, 6) is -1.76. The maximum absolute atomic E-state index is 10.2. The van der Waals surface area contributed by atoms with Crippen molar-refractivity contribution in [2.45, 2.75) is 0 Å². The van der Waals surface area contributed by atoms with Gasteiger partial charge in [0.25, 0.3) is 0 Å². The molecule has 0 amide bonds. The van der Waals surface area contributed by atoms with Crippen LogP contribution in [0.3, 0.4) is 0 Å². The molecule has 6 aromatic rings. The zero-order valence-electron chi connectivity index (χ0n) is 23.5. The van der Waals surface area contributed by atoms with Gasteiger partial charge in [0.1, 0.15) is 0 Å². The van der Waals surface area contributed by atoms with E-state index in [1.165, 1.54) is 32.7 Å². The van der Waals surface area contributed by atoms with E-state index in [1.807, 2.05) is 0 Å². The molecule has 42 heavy (non-hydrogen) atoms. The Morgan fingerprint density at radius 2 is 0.667 bits per heavy atom. The quantitative estimate of drug-likeness (QED) is 0.176. The lowest BCUT2D eigenvalue weighted by Crippen LogP contribution is -1.93. The highest BCUT2D eigenvalue weighted by atomic mass is 16.4. The summed E-state index contributed by atoms with van der Waals surface area (Å²) in [7, 11) is 2.00. The number of aromatic carboxylic acids is 2. The lowest BCUT2D eigenvalue weighted by atomic mass is 9.94. The highest BCUT2D eigenvalue weighted by Crippen LogP contribution is 2.33. The van der Waals surface area contributed by atoms with Crippen LogP contribution in [-0.4, -0.2) is 46.6 Å². The molecule has 6 nitrogen and oxygen atoms in total. The van der Waals surface area contributed by atoms with Crippen LogP contribution >= 0.6 is 0 Å². The molecule has 6 rings (SSSR count). The standard InChI is InChI=1S/C20H14.2C7H6O2.2CH4O/c1-3-11-17-15(7-1)9-5-13-19(17)20-14-6-10-16-8-2-4-12-18(16)20;2*8-7(9)6-4-2-1-3-5-6;2*1-2/h1-14H;2*1-5H,(H,8,9);2*2H,1H3. The summed E-state index contributed by atoms with van der Waals surface area (Å²) in [4.78, 5) is 20.4. The molecule has 0 heterocycles. The predicted molar refractivity (Wildman–Crippen MR) is 170 cm³/mol. The third-order valence-corrected chi connectivity index (χ3v) is 5.91. The van der Waals surface area contributed by atoms with Crippen molar-refractivity contribution in [2.24, 2.45) is 0 Å². The number of aliphatic hydroxyl groups is 2. The molecule has 0 atom stereocenters. The number of carboxylic acids is 2. The molecule has 0 aliphatic heterocycles. The molecule has 0 aromatic heterocycles. The summed E-state index contributed by atoms with van der Waals surface area (Å²) in [6, 6.07) is 46.8. The van der Waals surface area contributed by atoms with E-state index >= 15 is 0 Å². The Kier molecular flexibility index (Phi) is 14.2. The van der Waals surface area contributed by atoms with Crippen LogP contribution < -0.4 is 0 Å². The summed E-state index contributed by atoms with van der Waals surface area (Å²) in [5, 5.41) is 36.0. The van der Waals surface area contributed by atoms with Gasteiger partial charge in [0.15, 0.2) is 0 Å². The van der Waals surface area contributed by atoms with E-state index in [2.05, 4.69) is 84.9 Å². The van der Waals surface area contributed by atoms with Crippen LogP contribution in [0.4, 0.5) is 0 Å². The van der Waals surface area contributed by atoms with E-state index < -0.39 is 11.9 Å². The molecular formula is C36H34O6. The van der Waals surface area contributed by atoms with E-state index in [1.54, 1.807) is 60.7 Å². The van der Waals surface area contributed by atoms with E-state index in [0.29, 0.717) is 11.1 Å². The summed E-state index contributed by atoms with van der Waals surface area (Å²) in [5.41, 5.74) is 3.27. The fourth-order valence-electron chi connectivity index (χ4n) is 4.08. The van der Waals surface area contributed by atoms with Crippen LogP contribution in [0.15, 0.2) is 146 Å². The molecule has 0 aliphatic rings. The normalized spacial score (nSPS) is 9.33. The second kappa shape index (κ2) is 18.1. The van der Waals surface area contributed by atoms with Crippen molar-refractivity contribution < 1.29 is 30.0 Å². The van der Waals surface area contributed by atoms with Gasteiger partial charge in [-0.3, -0.25) is 0 Å². The number of fused-ring (bicyclic) bond motifs is 2. The Morgan fingerprint density at radius 3 is 0.976 bits per heavy atom. The second-order valence-corrected chi connectivity index (χ2v) is 8.40. The first-order valence-electron chi connectivity index (χ1n) is 13.0. The average molecular weight is 563 g/mol. The fraction of sp³-hybridized carbons (Fsp3) is 0.0556. The highest BCUT2D eigenvalue weighted by Gasteiger charge is 2.06. The Hall–Kier alpha value is -5.30. The fourth-order valence-corrected chi connectivity index (χ4v) is 4.08. The van der Waals surface area contributed by atoms with Crippen LogP contribution in [0.5, 0.6) is 0 Å². The number of benzene rings is 6. The molecule has 4 N–H and O–H groups in total. The van der Waals surface area contributed by atoms with Crippen molar-refractivity contribution in [2.75, 3.05) is 14.2 Å². The van der Waals surface area contributed by atoms with Crippen LogP contribution in [-0.2, 0) is 0 Å². The summed E-state index contributed by atoms with van der Waals surface area (Å²) in [6.07, 6.45) is 0. The minimum Gasteiger partial charge on any atom is -0.478 e. The van der Waals surface area contributed by atoms with Gasteiger partial charge in [-0.1, -0.05) is 121 Å². The third-order valence-electron chi connectivity index (χ3n) is 5.91. The topological polar surface area (TPSA) is 115 Å². The third kappa shape index (κ3) is 9.41. The maximum atomic E-state index is 10.2. The molecule has 0 fully saturated rings. The zero-order valence-corrected chi connectivity index (χ0v) is 23.5. The van der Waals surface area contributed by atoms with Crippen LogP contribution in [0, 0.1) is 0 Å². The Labute approximate surface area is 245 Å². The zero-order chi connectivity index (χ0) is 30.7. The van der Waals surface area contributed by atoms with Gasteiger partial charge in [-0.2, -0.15) is 0 Å². The van der Waals surface area contributed by atoms with Gasteiger partial charge < -0.3 is 20.4 Å². The van der Waals surface area contributed by atoms with E-state index in [4.69, 9.17) is 20.4 Å². The molecule has 0 bridgehead atoms. The molecule has 0 unspecified atom stereocenters. The van der Waals surface area contributed by atoms with Gasteiger partial charge in [-0.15, -0.1) is 0 Å². The smallest absolute Gasteiger partial charge is 0.335 e. The Morgan fingerprint density at radius 1 is 0.381 bits per heavy atom. The molecule has 214 valence electrons. The second-order valence-electron chi connectivity index (χ2n) is 8.40. The predicted octanol–water partition coefficient (Wildman–Crippen LogP) is 7.65. The molecule has 0 spiro atoms.